The molecule has 1 aliphatic heterocycles. The van der Waals surface area contributed by atoms with E-state index in [9.17, 15) is 4.39 Å². The molecule has 0 spiro atoms. The van der Waals surface area contributed by atoms with Crippen molar-refractivity contribution in [2.45, 2.75) is 25.3 Å². The largest absolute Gasteiger partial charge is 0.361 e. The van der Waals surface area contributed by atoms with Crippen molar-refractivity contribution in [3.63, 3.8) is 0 Å². The summed E-state index contributed by atoms with van der Waals surface area (Å²) in [4.78, 5) is 0. The molecule has 0 bridgehead atoms. The van der Waals surface area contributed by atoms with Gasteiger partial charge in [-0.15, -0.1) is 0 Å². The van der Waals surface area contributed by atoms with Crippen molar-refractivity contribution in [1.82, 2.24) is 10.6 Å². The summed E-state index contributed by atoms with van der Waals surface area (Å²) in [6, 6.07) is 7.25. The van der Waals surface area contributed by atoms with Gasteiger partial charge in [0.05, 0.1) is 0 Å². The normalized spacial score (nSPS) is 25.9. The molecule has 1 aliphatic carbocycles. The summed E-state index contributed by atoms with van der Waals surface area (Å²) in [5.74, 6) is 0.372. The molecule has 1 fully saturated rings. The zero-order chi connectivity index (χ0) is 13.2. The van der Waals surface area contributed by atoms with Crippen molar-refractivity contribution in [2.24, 2.45) is 5.92 Å². The molecule has 3 rings (SSSR count). The first-order chi connectivity index (χ1) is 9.22. The molecule has 100 valence electrons. The van der Waals surface area contributed by atoms with Crippen molar-refractivity contribution >= 4 is 22.9 Å². The first-order valence-corrected chi connectivity index (χ1v) is 7.13. The summed E-state index contributed by atoms with van der Waals surface area (Å²) >= 11 is 5.10. The van der Waals surface area contributed by atoms with E-state index < -0.39 is 0 Å². The van der Waals surface area contributed by atoms with Gasteiger partial charge in [-0.3, -0.25) is 0 Å². The molecule has 1 saturated heterocycles. The van der Waals surface area contributed by atoms with E-state index in [-0.39, 0.29) is 5.82 Å². The smallest absolute Gasteiger partial charge is 0.166 e. The van der Waals surface area contributed by atoms with Crippen LogP contribution in [0.1, 0.15) is 24.8 Å². The van der Waals surface area contributed by atoms with Gasteiger partial charge in [0.2, 0.25) is 0 Å². The number of halogens is 1. The van der Waals surface area contributed by atoms with Crippen LogP contribution in [0.5, 0.6) is 0 Å². The van der Waals surface area contributed by atoms with Gasteiger partial charge in [-0.2, -0.15) is 0 Å². The predicted molar refractivity (Wildman–Crippen MR) is 79.2 cm³/mol. The summed E-state index contributed by atoms with van der Waals surface area (Å²) in [6.07, 6.45) is 5.66. The minimum absolute atomic E-state index is 0.175. The molecule has 0 aromatic heterocycles. The molecule has 19 heavy (non-hydrogen) atoms. The molecule has 4 heteroatoms. The van der Waals surface area contributed by atoms with E-state index in [1.54, 1.807) is 0 Å². The average molecular weight is 276 g/mol. The van der Waals surface area contributed by atoms with Gasteiger partial charge < -0.3 is 10.6 Å². The number of thiocarbonyl (C=S) groups is 1. The number of hydrogen-bond acceptors (Lipinski definition) is 1. The second-order valence-electron chi connectivity index (χ2n) is 5.23. The third-order valence-corrected chi connectivity index (χ3v) is 4.17. The molecule has 0 saturated carbocycles. The van der Waals surface area contributed by atoms with Gasteiger partial charge in [0.1, 0.15) is 5.82 Å². The van der Waals surface area contributed by atoms with Gasteiger partial charge in [0.25, 0.3) is 0 Å². The van der Waals surface area contributed by atoms with E-state index in [2.05, 4.69) is 16.7 Å². The Hall–Kier alpha value is -1.42. The van der Waals surface area contributed by atoms with Crippen LogP contribution >= 0.6 is 12.2 Å². The van der Waals surface area contributed by atoms with Crippen LogP contribution in [0.25, 0.3) is 5.57 Å². The number of rotatable bonds is 3. The zero-order valence-corrected chi connectivity index (χ0v) is 11.5. The van der Waals surface area contributed by atoms with Crippen LogP contribution in [-0.2, 0) is 0 Å². The maximum atomic E-state index is 13.0. The Bertz CT molecular complexity index is 509. The van der Waals surface area contributed by atoms with Crippen molar-refractivity contribution in [2.75, 3.05) is 6.54 Å². The lowest BCUT2D eigenvalue weighted by Crippen LogP contribution is -2.28. The summed E-state index contributed by atoms with van der Waals surface area (Å²) in [5.41, 5.74) is 2.51. The molecule has 1 unspecified atom stereocenters. The minimum atomic E-state index is -0.175. The third-order valence-electron chi connectivity index (χ3n) is 3.91. The molecule has 2 nitrogen and oxygen atoms in total. The SMILES string of the molecule is Fc1ccc(C2=CCC[C@H]2CC2CNC(=S)N2)cc1. The summed E-state index contributed by atoms with van der Waals surface area (Å²) in [5, 5.41) is 7.21. The highest BCUT2D eigenvalue weighted by molar-refractivity contribution is 7.80. The van der Waals surface area contributed by atoms with Gasteiger partial charge in [0.15, 0.2) is 5.11 Å². The maximum absolute atomic E-state index is 13.0. The van der Waals surface area contributed by atoms with Crippen LogP contribution in [0, 0.1) is 11.7 Å². The zero-order valence-electron chi connectivity index (χ0n) is 10.7. The number of hydrogen-bond donors (Lipinski definition) is 2. The first-order valence-electron chi connectivity index (χ1n) is 6.73. The quantitative estimate of drug-likeness (QED) is 0.830. The number of nitrogens with one attached hydrogen (secondary N) is 2. The number of benzene rings is 1. The van der Waals surface area contributed by atoms with E-state index in [1.807, 2.05) is 12.1 Å². The number of allylic oxidation sites excluding steroid dienone is 2. The maximum Gasteiger partial charge on any atom is 0.166 e. The topological polar surface area (TPSA) is 24.1 Å². The van der Waals surface area contributed by atoms with Crippen LogP contribution in [-0.4, -0.2) is 17.7 Å². The van der Waals surface area contributed by atoms with Gasteiger partial charge in [-0.25, -0.2) is 4.39 Å². The summed E-state index contributed by atoms with van der Waals surface area (Å²) in [6.45, 7) is 0.909. The van der Waals surface area contributed by atoms with E-state index >= 15 is 0 Å². The highest BCUT2D eigenvalue weighted by atomic mass is 32.1. The van der Waals surface area contributed by atoms with Gasteiger partial charge >= 0.3 is 0 Å². The standard InChI is InChI=1S/C15H17FN2S/c16-12-6-4-10(5-7-12)14-3-1-2-11(14)8-13-9-17-15(19)18-13/h3-7,11,13H,1-2,8-9H2,(H2,17,18,19)/t11-,13?/m0/s1. The fraction of sp³-hybridized carbons (Fsp3) is 0.400. The van der Waals surface area contributed by atoms with Crippen LogP contribution in [0.2, 0.25) is 0 Å². The Labute approximate surface area is 118 Å². The Kier molecular flexibility index (Phi) is 3.51. The average Bonchev–Trinajstić information content (AvgIpc) is 3.00. The fourth-order valence-electron chi connectivity index (χ4n) is 2.99. The van der Waals surface area contributed by atoms with E-state index in [0.29, 0.717) is 12.0 Å². The second kappa shape index (κ2) is 5.29. The van der Waals surface area contributed by atoms with Gasteiger partial charge in [0, 0.05) is 12.6 Å². The molecule has 2 atom stereocenters. The summed E-state index contributed by atoms with van der Waals surface area (Å²) < 4.78 is 13.0. The third kappa shape index (κ3) is 2.78. The van der Waals surface area contributed by atoms with Gasteiger partial charge in [-0.1, -0.05) is 18.2 Å². The minimum Gasteiger partial charge on any atom is -0.361 e. The summed E-state index contributed by atoms with van der Waals surface area (Å²) in [7, 11) is 0. The van der Waals surface area contributed by atoms with Crippen LogP contribution in [0.4, 0.5) is 4.39 Å². The lowest BCUT2D eigenvalue weighted by Gasteiger charge is -2.19. The van der Waals surface area contributed by atoms with Crippen molar-refractivity contribution in [1.29, 1.82) is 0 Å². The Balaban J connectivity index is 1.71. The first kappa shape index (κ1) is 12.6. The van der Waals surface area contributed by atoms with Crippen molar-refractivity contribution in [3.8, 4) is 0 Å². The molecule has 1 aromatic carbocycles. The van der Waals surface area contributed by atoms with Gasteiger partial charge in [-0.05, 0) is 60.7 Å². The Morgan fingerprint density at radius 1 is 1.26 bits per heavy atom. The molecule has 1 heterocycles. The van der Waals surface area contributed by atoms with Crippen molar-refractivity contribution in [3.05, 3.63) is 41.7 Å². The molecule has 0 amide bonds. The monoisotopic (exact) mass is 276 g/mol. The van der Waals surface area contributed by atoms with Crippen LogP contribution in [0.15, 0.2) is 30.3 Å². The van der Waals surface area contributed by atoms with Crippen molar-refractivity contribution < 1.29 is 4.39 Å². The second-order valence-corrected chi connectivity index (χ2v) is 5.64. The lowest BCUT2D eigenvalue weighted by atomic mass is 9.89. The van der Waals surface area contributed by atoms with Crippen LogP contribution < -0.4 is 10.6 Å². The molecule has 0 radical (unpaired) electrons. The highest BCUT2D eigenvalue weighted by Gasteiger charge is 2.26. The Morgan fingerprint density at radius 3 is 2.74 bits per heavy atom. The van der Waals surface area contributed by atoms with E-state index in [0.717, 1.165) is 30.1 Å². The molecule has 1 aromatic rings. The molecular formula is C15H17FN2S. The van der Waals surface area contributed by atoms with E-state index in [1.165, 1.54) is 24.1 Å². The molecule has 2 N–H and O–H groups in total. The predicted octanol–water partition coefficient (Wildman–Crippen LogP) is 2.86. The van der Waals surface area contributed by atoms with Crippen LogP contribution in [0.3, 0.4) is 0 Å². The fourth-order valence-corrected chi connectivity index (χ4v) is 3.24. The molecular weight excluding hydrogens is 259 g/mol. The lowest BCUT2D eigenvalue weighted by molar-refractivity contribution is 0.497. The van der Waals surface area contributed by atoms with E-state index in [4.69, 9.17) is 12.2 Å². The highest BCUT2D eigenvalue weighted by Crippen LogP contribution is 2.36. The molecule has 2 aliphatic rings. The Morgan fingerprint density at radius 2 is 2.05 bits per heavy atom.